The highest BCUT2D eigenvalue weighted by molar-refractivity contribution is 14.1. The number of alkyl halides is 1. The molecule has 2 aromatic rings. The van der Waals surface area contributed by atoms with Crippen LogP contribution in [0.3, 0.4) is 0 Å². The maximum atomic E-state index is 6.31. The molecule has 7 nitrogen and oxygen atoms in total. The van der Waals surface area contributed by atoms with Crippen molar-refractivity contribution in [1.29, 1.82) is 0 Å². The van der Waals surface area contributed by atoms with Gasteiger partial charge in [-0.3, -0.25) is 0 Å². The molecule has 0 bridgehead atoms. The lowest BCUT2D eigenvalue weighted by Gasteiger charge is -2.25. The standard InChI is InChI=1S/C15H16Cl2IN4O3P/c1-14(2)24-8-7(5-9(18)15(5,3-23-26)10(8)25-14)22-4-19-6-11(16)20-13(17)21-12(6)22/h4-5,7-10H,3,26H2,1-2H3/t5-,7?,8+,9?,10+,15-/m0/s1. The monoisotopic (exact) mass is 528 g/mol. The second-order valence-corrected chi connectivity index (χ2v) is 9.84. The lowest BCUT2D eigenvalue weighted by molar-refractivity contribution is -0.162. The Bertz CT molecular complexity index is 914. The van der Waals surface area contributed by atoms with E-state index in [2.05, 4.69) is 47.0 Å². The summed E-state index contributed by atoms with van der Waals surface area (Å²) in [5.41, 5.74) is 1.06. The number of fused-ring (bicyclic) bond motifs is 4. The molecule has 2 aliphatic carbocycles. The van der Waals surface area contributed by atoms with Crippen molar-refractivity contribution < 1.29 is 14.0 Å². The highest BCUT2D eigenvalue weighted by atomic mass is 127. The van der Waals surface area contributed by atoms with E-state index in [-0.39, 0.29) is 34.1 Å². The van der Waals surface area contributed by atoms with Gasteiger partial charge in [0.05, 0.1) is 25.1 Å². The summed E-state index contributed by atoms with van der Waals surface area (Å²) in [4.78, 5) is 12.8. The summed E-state index contributed by atoms with van der Waals surface area (Å²) in [5.74, 6) is -0.328. The van der Waals surface area contributed by atoms with Gasteiger partial charge < -0.3 is 18.6 Å². The third-order valence-electron chi connectivity index (χ3n) is 5.71. The first-order chi connectivity index (χ1) is 12.3. The van der Waals surface area contributed by atoms with Gasteiger partial charge in [-0.15, -0.1) is 0 Å². The number of ether oxygens (including phenoxy) is 2. The molecule has 0 amide bonds. The molecular formula is C15H16Cl2IN4O3P. The predicted octanol–water partition coefficient (Wildman–Crippen LogP) is 3.43. The van der Waals surface area contributed by atoms with Crippen LogP contribution >= 0.6 is 55.3 Å². The van der Waals surface area contributed by atoms with Gasteiger partial charge in [0.15, 0.2) is 16.6 Å². The van der Waals surface area contributed by atoms with E-state index in [0.717, 1.165) is 0 Å². The van der Waals surface area contributed by atoms with Crippen molar-refractivity contribution in [3.05, 3.63) is 16.8 Å². The molecule has 7 atom stereocenters. The molecule has 3 unspecified atom stereocenters. The highest BCUT2D eigenvalue weighted by Gasteiger charge is 2.81. The summed E-state index contributed by atoms with van der Waals surface area (Å²) in [7, 11) is 2.35. The molecule has 2 aromatic heterocycles. The molecule has 1 saturated heterocycles. The van der Waals surface area contributed by atoms with Crippen LogP contribution in [0, 0.1) is 11.3 Å². The fraction of sp³-hybridized carbons (Fsp3) is 0.667. The zero-order valence-corrected chi connectivity index (χ0v) is 18.7. The molecule has 0 spiro atoms. The number of hydrogen-bond acceptors (Lipinski definition) is 6. The van der Waals surface area contributed by atoms with Gasteiger partial charge in [-0.05, 0) is 25.4 Å². The smallest absolute Gasteiger partial charge is 0.225 e. The molecule has 0 N–H and O–H groups in total. The van der Waals surface area contributed by atoms with Crippen molar-refractivity contribution in [2.45, 2.75) is 41.8 Å². The molecule has 2 saturated carbocycles. The Morgan fingerprint density at radius 2 is 2.12 bits per heavy atom. The Hall–Kier alpha value is 0.170. The first-order valence-corrected chi connectivity index (χ1v) is 10.6. The van der Waals surface area contributed by atoms with Crippen molar-refractivity contribution >= 4 is 66.4 Å². The first kappa shape index (κ1) is 18.2. The third-order valence-corrected chi connectivity index (χ3v) is 8.24. The maximum Gasteiger partial charge on any atom is 0.225 e. The van der Waals surface area contributed by atoms with Crippen LogP contribution in [0.5, 0.6) is 0 Å². The van der Waals surface area contributed by atoms with E-state index >= 15 is 0 Å². The molecule has 140 valence electrons. The quantitative estimate of drug-likeness (QED) is 0.200. The molecule has 1 aliphatic heterocycles. The van der Waals surface area contributed by atoms with Crippen molar-refractivity contribution in [3.63, 3.8) is 0 Å². The zero-order chi connectivity index (χ0) is 18.4. The molecule has 3 fully saturated rings. The molecule has 3 aliphatic rings. The van der Waals surface area contributed by atoms with Crippen LogP contribution in [0.1, 0.15) is 19.9 Å². The number of halogens is 3. The molecule has 11 heteroatoms. The van der Waals surface area contributed by atoms with E-state index in [0.29, 0.717) is 27.6 Å². The average molecular weight is 529 g/mol. The average Bonchev–Trinajstić information content (AvgIpc) is 2.89. The normalized spacial score (nSPS) is 40.0. The number of nitrogens with zero attached hydrogens (tertiary/aromatic N) is 4. The van der Waals surface area contributed by atoms with Gasteiger partial charge in [0.2, 0.25) is 5.28 Å². The highest BCUT2D eigenvalue weighted by Crippen LogP contribution is 2.74. The van der Waals surface area contributed by atoms with E-state index in [1.165, 1.54) is 0 Å². The van der Waals surface area contributed by atoms with Crippen LogP contribution in [0.15, 0.2) is 6.33 Å². The Balaban J connectivity index is 1.66. The van der Waals surface area contributed by atoms with E-state index in [1.54, 1.807) is 6.33 Å². The number of rotatable bonds is 3. The van der Waals surface area contributed by atoms with Gasteiger partial charge in [0, 0.05) is 24.7 Å². The van der Waals surface area contributed by atoms with Crippen LogP contribution in [-0.2, 0) is 14.0 Å². The lowest BCUT2D eigenvalue weighted by atomic mass is 10.0. The number of aromatic nitrogens is 4. The van der Waals surface area contributed by atoms with Crippen molar-refractivity contribution in [3.8, 4) is 0 Å². The van der Waals surface area contributed by atoms with Gasteiger partial charge in [-0.25, -0.2) is 9.97 Å². The predicted molar refractivity (Wildman–Crippen MR) is 108 cm³/mol. The van der Waals surface area contributed by atoms with E-state index < -0.39 is 5.79 Å². The van der Waals surface area contributed by atoms with Gasteiger partial charge in [-0.2, -0.15) is 4.98 Å². The molecule has 0 aromatic carbocycles. The molecule has 3 heterocycles. The Kier molecular flexibility index (Phi) is 4.09. The van der Waals surface area contributed by atoms with Crippen LogP contribution in [0.2, 0.25) is 10.4 Å². The topological polar surface area (TPSA) is 71.3 Å². The number of hydrogen-bond donors (Lipinski definition) is 0. The summed E-state index contributed by atoms with van der Waals surface area (Å²) >= 11 is 14.7. The Morgan fingerprint density at radius 3 is 2.85 bits per heavy atom. The van der Waals surface area contributed by atoms with Crippen LogP contribution in [0.25, 0.3) is 11.2 Å². The minimum Gasteiger partial charge on any atom is -0.365 e. The van der Waals surface area contributed by atoms with E-state index in [4.69, 9.17) is 37.2 Å². The second-order valence-electron chi connectivity index (χ2n) is 7.47. The van der Waals surface area contributed by atoms with Crippen molar-refractivity contribution in [2.75, 3.05) is 6.61 Å². The fourth-order valence-electron chi connectivity index (χ4n) is 4.75. The van der Waals surface area contributed by atoms with Gasteiger partial charge >= 0.3 is 0 Å². The SMILES string of the molecule is CC1(C)O[C@@H]2C(n3cnc4c(Cl)nc(Cl)nc43)[C@H]3C(I)[C@@]3(COP)[C@@H]2O1. The minimum atomic E-state index is -0.647. The minimum absolute atomic E-state index is 0.0101. The summed E-state index contributed by atoms with van der Waals surface area (Å²) in [6.07, 6.45) is 1.57. The van der Waals surface area contributed by atoms with E-state index in [9.17, 15) is 0 Å². The summed E-state index contributed by atoms with van der Waals surface area (Å²) < 4.78 is 20.5. The zero-order valence-electron chi connectivity index (χ0n) is 13.9. The lowest BCUT2D eigenvalue weighted by Crippen LogP contribution is -2.36. The van der Waals surface area contributed by atoms with Gasteiger partial charge in [0.1, 0.15) is 11.6 Å². The summed E-state index contributed by atoms with van der Waals surface area (Å²) in [6.45, 7) is 4.48. The van der Waals surface area contributed by atoms with Crippen molar-refractivity contribution in [1.82, 2.24) is 19.5 Å². The largest absolute Gasteiger partial charge is 0.365 e. The van der Waals surface area contributed by atoms with Gasteiger partial charge in [-0.1, -0.05) is 34.2 Å². The molecule has 26 heavy (non-hydrogen) atoms. The number of imidazole rings is 1. The summed E-state index contributed by atoms with van der Waals surface area (Å²) in [5, 5.41) is 0.350. The van der Waals surface area contributed by atoms with Gasteiger partial charge in [0.25, 0.3) is 0 Å². The fourth-order valence-corrected chi connectivity index (χ4v) is 7.29. The molecule has 5 rings (SSSR count). The van der Waals surface area contributed by atoms with Crippen LogP contribution < -0.4 is 0 Å². The summed E-state index contributed by atoms with van der Waals surface area (Å²) in [6, 6.07) is 0.0101. The third kappa shape index (κ3) is 2.30. The van der Waals surface area contributed by atoms with Crippen LogP contribution in [-0.4, -0.2) is 48.0 Å². The Labute approximate surface area is 175 Å². The molecular weight excluding hydrogens is 513 g/mol. The Morgan fingerprint density at radius 1 is 1.35 bits per heavy atom. The second kappa shape index (κ2) is 5.84. The first-order valence-electron chi connectivity index (χ1n) is 8.17. The maximum absolute atomic E-state index is 6.31. The van der Waals surface area contributed by atoms with Crippen molar-refractivity contribution in [2.24, 2.45) is 11.3 Å². The molecule has 0 radical (unpaired) electrons. The van der Waals surface area contributed by atoms with E-state index in [1.807, 2.05) is 18.4 Å². The van der Waals surface area contributed by atoms with Crippen LogP contribution in [0.4, 0.5) is 0 Å².